The van der Waals surface area contributed by atoms with Crippen LogP contribution in [0.3, 0.4) is 0 Å². The van der Waals surface area contributed by atoms with Crippen molar-refractivity contribution >= 4 is 17.7 Å². The standard InChI is InChI=1S/C18H20N2O2S/c1-23-12-13-6-5-9-19-17(13)18(21)20-14-10-16(11-14)22-15-7-3-2-4-8-15/h2-9,14,16H,10-12H2,1H3,(H,20,21). The molecule has 0 aliphatic heterocycles. The lowest BCUT2D eigenvalue weighted by Crippen LogP contribution is -2.49. The van der Waals surface area contributed by atoms with E-state index in [9.17, 15) is 4.79 Å². The molecule has 0 saturated heterocycles. The molecule has 0 unspecified atom stereocenters. The van der Waals surface area contributed by atoms with E-state index in [0.717, 1.165) is 29.9 Å². The molecule has 0 bridgehead atoms. The Morgan fingerprint density at radius 3 is 2.78 bits per heavy atom. The van der Waals surface area contributed by atoms with Crippen LogP contribution < -0.4 is 10.1 Å². The molecule has 4 nitrogen and oxygen atoms in total. The van der Waals surface area contributed by atoms with Crippen molar-refractivity contribution in [3.05, 3.63) is 59.9 Å². The molecule has 2 aromatic rings. The number of nitrogens with one attached hydrogen (secondary N) is 1. The van der Waals surface area contributed by atoms with Gasteiger partial charge in [0.1, 0.15) is 17.5 Å². The monoisotopic (exact) mass is 328 g/mol. The van der Waals surface area contributed by atoms with Crippen molar-refractivity contribution < 1.29 is 9.53 Å². The number of benzene rings is 1. The molecule has 120 valence electrons. The van der Waals surface area contributed by atoms with Crippen LogP contribution in [0, 0.1) is 0 Å². The first kappa shape index (κ1) is 15.9. The summed E-state index contributed by atoms with van der Waals surface area (Å²) in [5.74, 6) is 1.59. The van der Waals surface area contributed by atoms with Crippen molar-refractivity contribution in [2.45, 2.75) is 30.7 Å². The van der Waals surface area contributed by atoms with Gasteiger partial charge in [-0.2, -0.15) is 11.8 Å². The zero-order valence-electron chi connectivity index (χ0n) is 13.1. The van der Waals surface area contributed by atoms with Crippen LogP contribution in [-0.2, 0) is 5.75 Å². The summed E-state index contributed by atoms with van der Waals surface area (Å²) in [4.78, 5) is 16.6. The molecule has 1 aromatic carbocycles. The third-order valence-electron chi connectivity index (χ3n) is 3.88. The highest BCUT2D eigenvalue weighted by Gasteiger charge is 2.32. The van der Waals surface area contributed by atoms with Crippen molar-refractivity contribution in [2.24, 2.45) is 0 Å². The zero-order valence-corrected chi connectivity index (χ0v) is 13.9. The third-order valence-corrected chi connectivity index (χ3v) is 4.48. The number of carbonyl (C=O) groups is 1. The van der Waals surface area contributed by atoms with Crippen LogP contribution in [0.25, 0.3) is 0 Å². The van der Waals surface area contributed by atoms with Gasteiger partial charge < -0.3 is 10.1 Å². The predicted octanol–water partition coefficient (Wildman–Crippen LogP) is 3.28. The average Bonchev–Trinajstić information content (AvgIpc) is 2.54. The van der Waals surface area contributed by atoms with Crippen molar-refractivity contribution in [2.75, 3.05) is 6.26 Å². The molecule has 1 heterocycles. The highest BCUT2D eigenvalue weighted by Crippen LogP contribution is 2.26. The lowest BCUT2D eigenvalue weighted by molar-refractivity contribution is 0.0697. The average molecular weight is 328 g/mol. The van der Waals surface area contributed by atoms with Crippen molar-refractivity contribution in [1.82, 2.24) is 10.3 Å². The van der Waals surface area contributed by atoms with Crippen molar-refractivity contribution in [3.63, 3.8) is 0 Å². The fourth-order valence-corrected chi connectivity index (χ4v) is 3.18. The second-order valence-corrected chi connectivity index (χ2v) is 6.50. The molecule has 1 N–H and O–H groups in total. The summed E-state index contributed by atoms with van der Waals surface area (Å²) in [7, 11) is 0. The van der Waals surface area contributed by atoms with Crippen LogP contribution in [-0.4, -0.2) is 29.3 Å². The molecule has 1 amide bonds. The van der Waals surface area contributed by atoms with E-state index in [1.54, 1.807) is 18.0 Å². The van der Waals surface area contributed by atoms with Crippen LogP contribution in [0.1, 0.15) is 28.9 Å². The number of ether oxygens (including phenoxy) is 1. The van der Waals surface area contributed by atoms with Gasteiger partial charge in [-0.15, -0.1) is 0 Å². The van der Waals surface area contributed by atoms with E-state index in [2.05, 4.69) is 10.3 Å². The fourth-order valence-electron chi connectivity index (χ4n) is 2.64. The van der Waals surface area contributed by atoms with Crippen LogP contribution >= 0.6 is 11.8 Å². The van der Waals surface area contributed by atoms with E-state index < -0.39 is 0 Å². The molecule has 1 saturated carbocycles. The molecule has 23 heavy (non-hydrogen) atoms. The van der Waals surface area contributed by atoms with E-state index >= 15 is 0 Å². The summed E-state index contributed by atoms with van der Waals surface area (Å²) >= 11 is 1.69. The summed E-state index contributed by atoms with van der Waals surface area (Å²) in [6, 6.07) is 13.8. The Kier molecular flexibility index (Phi) is 5.18. The number of pyridine rings is 1. The zero-order chi connectivity index (χ0) is 16.1. The molecule has 0 radical (unpaired) electrons. The van der Waals surface area contributed by atoms with Gasteiger partial charge in [0.15, 0.2) is 0 Å². The fraction of sp³-hybridized carbons (Fsp3) is 0.333. The summed E-state index contributed by atoms with van der Waals surface area (Å²) in [5, 5.41) is 3.06. The Hall–Kier alpha value is -2.01. The van der Waals surface area contributed by atoms with Crippen molar-refractivity contribution in [1.29, 1.82) is 0 Å². The predicted molar refractivity (Wildman–Crippen MR) is 92.8 cm³/mol. The molecule has 0 atom stereocenters. The molecule has 1 aliphatic carbocycles. The van der Waals surface area contributed by atoms with Crippen LogP contribution in [0.15, 0.2) is 48.7 Å². The van der Waals surface area contributed by atoms with Gasteiger partial charge in [-0.05, 0) is 30.0 Å². The summed E-state index contributed by atoms with van der Waals surface area (Å²) < 4.78 is 5.86. The number of hydrogen-bond acceptors (Lipinski definition) is 4. The minimum absolute atomic E-state index is 0.0854. The first-order chi connectivity index (χ1) is 11.3. The number of thioether (sulfide) groups is 1. The number of rotatable bonds is 6. The Morgan fingerprint density at radius 1 is 1.26 bits per heavy atom. The second kappa shape index (κ2) is 7.51. The van der Waals surface area contributed by atoms with Crippen LogP contribution in [0.5, 0.6) is 5.75 Å². The first-order valence-corrected chi connectivity index (χ1v) is 9.11. The Labute approximate surface area is 140 Å². The number of nitrogens with zero attached hydrogens (tertiary/aromatic N) is 1. The highest BCUT2D eigenvalue weighted by molar-refractivity contribution is 7.97. The van der Waals surface area contributed by atoms with Gasteiger partial charge in [0.2, 0.25) is 0 Å². The molecule has 0 spiro atoms. The smallest absolute Gasteiger partial charge is 0.270 e. The van der Waals surface area contributed by atoms with E-state index in [4.69, 9.17) is 4.74 Å². The third kappa shape index (κ3) is 4.05. The maximum atomic E-state index is 12.4. The number of carbonyl (C=O) groups excluding carboxylic acids is 1. The largest absolute Gasteiger partial charge is 0.490 e. The second-order valence-electron chi connectivity index (χ2n) is 5.64. The molecule has 5 heteroatoms. The number of amides is 1. The van der Waals surface area contributed by atoms with Gasteiger partial charge in [0, 0.05) is 30.8 Å². The summed E-state index contributed by atoms with van der Waals surface area (Å²) in [6.07, 6.45) is 5.54. The normalized spacial score (nSPS) is 19.7. The number of para-hydroxylation sites is 1. The topological polar surface area (TPSA) is 51.2 Å². The van der Waals surface area contributed by atoms with Gasteiger partial charge >= 0.3 is 0 Å². The van der Waals surface area contributed by atoms with E-state index in [1.165, 1.54) is 0 Å². The quantitative estimate of drug-likeness (QED) is 0.884. The van der Waals surface area contributed by atoms with Gasteiger partial charge in [0.25, 0.3) is 5.91 Å². The minimum Gasteiger partial charge on any atom is -0.490 e. The number of aromatic nitrogens is 1. The SMILES string of the molecule is CSCc1cccnc1C(=O)NC1CC(Oc2ccccc2)C1. The maximum absolute atomic E-state index is 12.4. The Bertz CT molecular complexity index is 657. The minimum atomic E-state index is -0.0854. The molecule has 1 fully saturated rings. The summed E-state index contributed by atoms with van der Waals surface area (Å²) in [6.45, 7) is 0. The summed E-state index contributed by atoms with van der Waals surface area (Å²) in [5.41, 5.74) is 1.52. The number of hydrogen-bond donors (Lipinski definition) is 1. The van der Waals surface area contributed by atoms with Crippen LogP contribution in [0.2, 0.25) is 0 Å². The van der Waals surface area contributed by atoms with Gasteiger partial charge in [-0.3, -0.25) is 9.78 Å². The lowest BCUT2D eigenvalue weighted by atomic mass is 9.89. The highest BCUT2D eigenvalue weighted by atomic mass is 32.2. The Morgan fingerprint density at radius 2 is 2.04 bits per heavy atom. The Balaban J connectivity index is 1.51. The van der Waals surface area contributed by atoms with E-state index in [0.29, 0.717) is 5.69 Å². The maximum Gasteiger partial charge on any atom is 0.270 e. The van der Waals surface area contributed by atoms with E-state index in [-0.39, 0.29) is 18.1 Å². The van der Waals surface area contributed by atoms with Crippen LogP contribution in [0.4, 0.5) is 0 Å². The van der Waals surface area contributed by atoms with Crippen molar-refractivity contribution in [3.8, 4) is 5.75 Å². The lowest BCUT2D eigenvalue weighted by Gasteiger charge is -2.35. The van der Waals surface area contributed by atoms with E-state index in [1.807, 2.05) is 48.7 Å². The molecular weight excluding hydrogens is 308 g/mol. The molecule has 1 aromatic heterocycles. The molecular formula is C18H20N2O2S. The molecule has 3 rings (SSSR count). The first-order valence-electron chi connectivity index (χ1n) is 7.71. The van der Waals surface area contributed by atoms with Gasteiger partial charge in [-0.1, -0.05) is 24.3 Å². The van der Waals surface area contributed by atoms with Gasteiger partial charge in [0.05, 0.1) is 0 Å². The van der Waals surface area contributed by atoms with Gasteiger partial charge in [-0.25, -0.2) is 0 Å². The molecule has 1 aliphatic rings.